The highest BCUT2D eigenvalue weighted by Gasteiger charge is 2.15. The predicted octanol–water partition coefficient (Wildman–Crippen LogP) is 2.11. The molecule has 0 aliphatic heterocycles. The number of nitrogens with zero attached hydrogens (tertiary/aromatic N) is 2. The minimum absolute atomic E-state index is 0.104. The van der Waals surface area contributed by atoms with Gasteiger partial charge in [-0.2, -0.15) is 5.10 Å². The Balaban J connectivity index is 2.06. The summed E-state index contributed by atoms with van der Waals surface area (Å²) in [5, 5.41) is 9.62. The number of aryl methyl sites for hydroxylation is 2. The third kappa shape index (κ3) is 5.84. The van der Waals surface area contributed by atoms with Gasteiger partial charge in [-0.05, 0) is 45.9 Å². The lowest BCUT2D eigenvalue weighted by Gasteiger charge is -2.20. The second-order valence-electron chi connectivity index (χ2n) is 7.15. The molecule has 0 saturated carbocycles. The van der Waals surface area contributed by atoms with Crippen LogP contribution >= 0.6 is 0 Å². The topological polar surface area (TPSA) is 93.1 Å². The van der Waals surface area contributed by atoms with Crippen molar-refractivity contribution in [3.63, 3.8) is 0 Å². The fraction of sp³-hybridized carbons (Fsp3) is 0.368. The third-order valence-electron chi connectivity index (χ3n) is 3.47. The Hall–Kier alpha value is -2.96. The summed E-state index contributed by atoms with van der Waals surface area (Å²) >= 11 is 0. The van der Waals surface area contributed by atoms with E-state index in [2.05, 4.69) is 15.7 Å². The van der Waals surface area contributed by atoms with Gasteiger partial charge in [0.05, 0.1) is 6.54 Å². The number of hydrogen-bond donors (Lipinski definition) is 2. The van der Waals surface area contributed by atoms with Crippen LogP contribution in [0, 0.1) is 6.92 Å². The van der Waals surface area contributed by atoms with Crippen molar-refractivity contribution in [3.8, 4) is 0 Å². The molecule has 138 valence electrons. The number of anilines is 1. The quantitative estimate of drug-likeness (QED) is 0.858. The summed E-state index contributed by atoms with van der Waals surface area (Å²) in [5.41, 5.74) is 1.14. The molecule has 1 aromatic carbocycles. The first kappa shape index (κ1) is 19.4. The van der Waals surface area contributed by atoms with E-state index in [0.717, 1.165) is 10.2 Å². The van der Waals surface area contributed by atoms with Gasteiger partial charge in [-0.15, -0.1) is 0 Å². The maximum Gasteiger partial charge on any atom is 0.276 e. The number of amides is 2. The first-order valence-corrected chi connectivity index (χ1v) is 8.41. The highest BCUT2D eigenvalue weighted by Crippen LogP contribution is 2.09. The van der Waals surface area contributed by atoms with Gasteiger partial charge in [0, 0.05) is 23.7 Å². The zero-order valence-electron chi connectivity index (χ0n) is 15.5. The molecule has 7 heteroatoms. The average Bonchev–Trinajstić information content (AvgIpc) is 2.54. The smallest absolute Gasteiger partial charge is 0.276 e. The van der Waals surface area contributed by atoms with Crippen LogP contribution in [-0.2, 0) is 11.3 Å². The van der Waals surface area contributed by atoms with Gasteiger partial charge in [0.2, 0.25) is 5.91 Å². The van der Waals surface area contributed by atoms with Crippen LogP contribution in [0.3, 0.4) is 0 Å². The maximum atomic E-state index is 12.3. The van der Waals surface area contributed by atoms with Crippen molar-refractivity contribution in [1.82, 2.24) is 15.1 Å². The lowest BCUT2D eigenvalue weighted by molar-refractivity contribution is -0.122. The van der Waals surface area contributed by atoms with E-state index in [-0.39, 0.29) is 35.7 Å². The summed E-state index contributed by atoms with van der Waals surface area (Å²) in [6.45, 7) is 7.70. The zero-order chi connectivity index (χ0) is 19.3. The molecule has 0 unspecified atom stereocenters. The molecule has 2 amide bonds. The lowest BCUT2D eigenvalue weighted by Crippen LogP contribution is -2.41. The molecular weight excluding hydrogens is 332 g/mol. The molecule has 7 nitrogen and oxygen atoms in total. The predicted molar refractivity (Wildman–Crippen MR) is 100 cm³/mol. The van der Waals surface area contributed by atoms with Crippen LogP contribution in [0.5, 0.6) is 0 Å². The first-order chi connectivity index (χ1) is 12.1. The highest BCUT2D eigenvalue weighted by atomic mass is 16.2. The Morgan fingerprint density at radius 3 is 2.35 bits per heavy atom. The van der Waals surface area contributed by atoms with Crippen molar-refractivity contribution < 1.29 is 9.59 Å². The summed E-state index contributed by atoms with van der Waals surface area (Å²) in [6.07, 6.45) is 0.104. The molecule has 0 saturated heterocycles. The second kappa shape index (κ2) is 7.95. The monoisotopic (exact) mass is 356 g/mol. The van der Waals surface area contributed by atoms with Crippen molar-refractivity contribution in [2.75, 3.05) is 5.32 Å². The molecule has 0 bridgehead atoms. The summed E-state index contributed by atoms with van der Waals surface area (Å²) in [4.78, 5) is 36.1. The van der Waals surface area contributed by atoms with Crippen LogP contribution in [0.4, 0.5) is 5.69 Å². The van der Waals surface area contributed by atoms with E-state index in [1.54, 1.807) is 12.1 Å². The highest BCUT2D eigenvalue weighted by molar-refractivity contribution is 6.02. The van der Waals surface area contributed by atoms with Crippen molar-refractivity contribution >= 4 is 17.5 Å². The lowest BCUT2D eigenvalue weighted by atomic mass is 10.1. The number of carbonyl (C=O) groups is 2. The third-order valence-corrected chi connectivity index (χ3v) is 3.47. The van der Waals surface area contributed by atoms with Gasteiger partial charge >= 0.3 is 0 Å². The molecule has 2 rings (SSSR count). The van der Waals surface area contributed by atoms with E-state index in [1.165, 1.54) is 12.1 Å². The van der Waals surface area contributed by atoms with Crippen LogP contribution in [0.25, 0.3) is 0 Å². The van der Waals surface area contributed by atoms with Crippen LogP contribution in [0.1, 0.15) is 43.2 Å². The number of benzene rings is 1. The summed E-state index contributed by atoms with van der Waals surface area (Å²) in [7, 11) is 0. The number of rotatable bonds is 5. The van der Waals surface area contributed by atoms with Crippen LogP contribution in [0.15, 0.2) is 41.2 Å². The number of nitrogens with one attached hydrogen (secondary N) is 2. The molecular formula is C19H24N4O3. The van der Waals surface area contributed by atoms with E-state index < -0.39 is 5.91 Å². The standard InChI is InChI=1S/C19H24N4O3/c1-13-5-7-14(8-6-13)20-18(26)15-9-10-17(25)23(22-15)12-11-16(24)21-19(2,3)4/h5-10H,11-12H2,1-4H3,(H,20,26)(H,21,24). The summed E-state index contributed by atoms with van der Waals surface area (Å²) in [6, 6.07) is 10.0. The Morgan fingerprint density at radius 2 is 1.73 bits per heavy atom. The molecule has 1 aromatic heterocycles. The molecule has 2 aromatic rings. The molecule has 0 radical (unpaired) electrons. The Bertz CT molecular complexity index is 848. The number of aromatic nitrogens is 2. The van der Waals surface area contributed by atoms with Gasteiger partial charge in [0.25, 0.3) is 11.5 Å². The zero-order valence-corrected chi connectivity index (χ0v) is 15.5. The minimum atomic E-state index is -0.415. The van der Waals surface area contributed by atoms with Gasteiger partial charge in [0.15, 0.2) is 0 Å². The van der Waals surface area contributed by atoms with E-state index in [0.29, 0.717) is 5.69 Å². The van der Waals surface area contributed by atoms with Crippen LogP contribution in [-0.4, -0.2) is 27.1 Å². The van der Waals surface area contributed by atoms with Gasteiger partial charge in [-0.3, -0.25) is 14.4 Å². The van der Waals surface area contributed by atoms with Crippen molar-refractivity contribution in [2.45, 2.75) is 46.2 Å². The molecule has 2 N–H and O–H groups in total. The largest absolute Gasteiger partial charge is 0.351 e. The molecule has 0 spiro atoms. The van der Waals surface area contributed by atoms with Gasteiger partial charge in [-0.1, -0.05) is 17.7 Å². The van der Waals surface area contributed by atoms with Gasteiger partial charge in [-0.25, -0.2) is 4.68 Å². The number of carbonyl (C=O) groups excluding carboxylic acids is 2. The normalized spacial score (nSPS) is 11.1. The molecule has 0 aliphatic carbocycles. The Labute approximate surface area is 152 Å². The fourth-order valence-corrected chi connectivity index (χ4v) is 2.25. The maximum absolute atomic E-state index is 12.3. The molecule has 0 atom stereocenters. The SMILES string of the molecule is Cc1ccc(NC(=O)c2ccc(=O)n(CCC(=O)NC(C)(C)C)n2)cc1. The number of hydrogen-bond acceptors (Lipinski definition) is 4. The van der Waals surface area contributed by atoms with Crippen molar-refractivity contribution in [3.05, 3.63) is 58.0 Å². The van der Waals surface area contributed by atoms with E-state index in [4.69, 9.17) is 0 Å². The second-order valence-corrected chi connectivity index (χ2v) is 7.15. The molecule has 1 heterocycles. The molecule has 0 fully saturated rings. The van der Waals surface area contributed by atoms with E-state index in [9.17, 15) is 14.4 Å². The summed E-state index contributed by atoms with van der Waals surface area (Å²) in [5.74, 6) is -0.595. The van der Waals surface area contributed by atoms with Crippen molar-refractivity contribution in [1.29, 1.82) is 0 Å². The Morgan fingerprint density at radius 1 is 1.08 bits per heavy atom. The molecule has 26 heavy (non-hydrogen) atoms. The minimum Gasteiger partial charge on any atom is -0.351 e. The van der Waals surface area contributed by atoms with E-state index >= 15 is 0 Å². The van der Waals surface area contributed by atoms with E-state index in [1.807, 2.05) is 39.8 Å². The average molecular weight is 356 g/mol. The van der Waals surface area contributed by atoms with Crippen molar-refractivity contribution in [2.24, 2.45) is 0 Å². The van der Waals surface area contributed by atoms with Crippen LogP contribution < -0.4 is 16.2 Å². The first-order valence-electron chi connectivity index (χ1n) is 8.41. The molecule has 0 aliphatic rings. The summed E-state index contributed by atoms with van der Waals surface area (Å²) < 4.78 is 1.13. The van der Waals surface area contributed by atoms with Gasteiger partial charge in [0.1, 0.15) is 5.69 Å². The fourth-order valence-electron chi connectivity index (χ4n) is 2.25. The Kier molecular flexibility index (Phi) is 5.92. The van der Waals surface area contributed by atoms with Crippen LogP contribution in [0.2, 0.25) is 0 Å². The van der Waals surface area contributed by atoms with Gasteiger partial charge < -0.3 is 10.6 Å².